The van der Waals surface area contributed by atoms with Gasteiger partial charge in [0.2, 0.25) is 5.91 Å². The van der Waals surface area contributed by atoms with E-state index < -0.39 is 0 Å². The maximum absolute atomic E-state index is 11.7. The summed E-state index contributed by atoms with van der Waals surface area (Å²) in [5.41, 5.74) is 6.67. The molecule has 0 radical (unpaired) electrons. The molecule has 3 heteroatoms. The van der Waals surface area contributed by atoms with Gasteiger partial charge in [0.15, 0.2) is 0 Å². The van der Waals surface area contributed by atoms with Crippen molar-refractivity contribution in [3.63, 3.8) is 0 Å². The average Bonchev–Trinajstić information content (AvgIpc) is 2.17. The molecule has 0 aromatic heterocycles. The number of rotatable bonds is 2. The van der Waals surface area contributed by atoms with Crippen LogP contribution < -0.4 is 5.73 Å². The van der Waals surface area contributed by atoms with Gasteiger partial charge in [-0.25, -0.2) is 0 Å². The van der Waals surface area contributed by atoms with E-state index in [1.807, 2.05) is 18.7 Å². The fourth-order valence-electron chi connectivity index (χ4n) is 1.80. The molecule has 0 aromatic carbocycles. The zero-order chi connectivity index (χ0) is 10.6. The minimum Gasteiger partial charge on any atom is -0.339 e. The fourth-order valence-corrected chi connectivity index (χ4v) is 1.80. The molecule has 1 rings (SSSR count). The second kappa shape index (κ2) is 5.15. The van der Waals surface area contributed by atoms with Crippen LogP contribution in [0.4, 0.5) is 0 Å². The van der Waals surface area contributed by atoms with Gasteiger partial charge in [-0.15, -0.1) is 0 Å². The molecule has 1 saturated heterocycles. The Kier molecular flexibility index (Phi) is 4.14. The van der Waals surface area contributed by atoms with Crippen molar-refractivity contribution in [2.75, 3.05) is 19.6 Å². The zero-order valence-corrected chi connectivity index (χ0v) is 9.12. The molecule has 1 aliphatic rings. The van der Waals surface area contributed by atoms with Crippen molar-refractivity contribution in [1.82, 2.24) is 4.90 Å². The van der Waals surface area contributed by atoms with Gasteiger partial charge in [-0.3, -0.25) is 4.79 Å². The predicted molar refractivity (Wildman–Crippen MR) is 57.8 cm³/mol. The topological polar surface area (TPSA) is 46.3 Å². The number of amides is 1. The van der Waals surface area contributed by atoms with E-state index in [1.165, 1.54) is 0 Å². The highest BCUT2D eigenvalue weighted by molar-refractivity contribution is 5.88. The Morgan fingerprint density at radius 1 is 1.57 bits per heavy atom. The molecule has 1 amide bonds. The summed E-state index contributed by atoms with van der Waals surface area (Å²) < 4.78 is 0. The molecule has 0 aromatic rings. The van der Waals surface area contributed by atoms with Gasteiger partial charge in [-0.05, 0) is 39.2 Å². The number of hydrogen-bond acceptors (Lipinski definition) is 2. The first-order valence-electron chi connectivity index (χ1n) is 5.27. The molecular formula is C11H20N2O. The monoisotopic (exact) mass is 196 g/mol. The zero-order valence-electron chi connectivity index (χ0n) is 9.12. The molecule has 1 fully saturated rings. The second-order valence-electron chi connectivity index (χ2n) is 4.25. The number of nitrogens with zero attached hydrogens (tertiary/aromatic N) is 1. The normalized spacial score (nSPS) is 21.9. The second-order valence-corrected chi connectivity index (χ2v) is 4.25. The summed E-state index contributed by atoms with van der Waals surface area (Å²) in [6.07, 6.45) is 3.96. The van der Waals surface area contributed by atoms with Crippen LogP contribution in [0.25, 0.3) is 0 Å². The fraction of sp³-hybridized carbons (Fsp3) is 0.727. The molecule has 0 spiro atoms. The van der Waals surface area contributed by atoms with E-state index >= 15 is 0 Å². The van der Waals surface area contributed by atoms with E-state index in [1.54, 1.807) is 6.08 Å². The van der Waals surface area contributed by atoms with Gasteiger partial charge in [0.25, 0.3) is 0 Å². The number of hydrogen-bond donors (Lipinski definition) is 1. The Balaban J connectivity index is 2.51. The van der Waals surface area contributed by atoms with Crippen LogP contribution in [-0.2, 0) is 4.79 Å². The standard InChI is InChI=1S/C11H20N2O/c1-9(2)6-11(14)13-5-3-4-10(7-12)8-13/h6,10H,3-5,7-8,12H2,1-2H3. The van der Waals surface area contributed by atoms with Crippen molar-refractivity contribution in [3.05, 3.63) is 11.6 Å². The summed E-state index contributed by atoms with van der Waals surface area (Å²) in [6.45, 7) is 6.31. The Labute approximate surface area is 86.0 Å². The summed E-state index contributed by atoms with van der Waals surface area (Å²) in [5, 5.41) is 0. The van der Waals surface area contributed by atoms with Crippen LogP contribution >= 0.6 is 0 Å². The summed E-state index contributed by atoms with van der Waals surface area (Å²) in [5.74, 6) is 0.640. The van der Waals surface area contributed by atoms with Crippen LogP contribution in [0, 0.1) is 5.92 Å². The Hall–Kier alpha value is -0.830. The largest absolute Gasteiger partial charge is 0.339 e. The lowest BCUT2D eigenvalue weighted by molar-refractivity contribution is -0.127. The lowest BCUT2D eigenvalue weighted by atomic mass is 9.98. The number of carbonyl (C=O) groups is 1. The van der Waals surface area contributed by atoms with Crippen LogP contribution in [0.2, 0.25) is 0 Å². The lowest BCUT2D eigenvalue weighted by Gasteiger charge is -2.31. The maximum Gasteiger partial charge on any atom is 0.246 e. The molecule has 1 aliphatic heterocycles. The first-order chi connectivity index (χ1) is 6.63. The van der Waals surface area contributed by atoms with Crippen molar-refractivity contribution in [3.8, 4) is 0 Å². The molecule has 0 saturated carbocycles. The average molecular weight is 196 g/mol. The van der Waals surface area contributed by atoms with Gasteiger partial charge < -0.3 is 10.6 Å². The van der Waals surface area contributed by atoms with Gasteiger partial charge in [0.1, 0.15) is 0 Å². The summed E-state index contributed by atoms with van der Waals surface area (Å²) >= 11 is 0. The van der Waals surface area contributed by atoms with Crippen LogP contribution in [0.15, 0.2) is 11.6 Å². The summed E-state index contributed by atoms with van der Waals surface area (Å²) in [6, 6.07) is 0. The highest BCUT2D eigenvalue weighted by atomic mass is 16.2. The van der Waals surface area contributed by atoms with Crippen LogP contribution in [0.3, 0.4) is 0 Å². The van der Waals surface area contributed by atoms with Crippen molar-refractivity contribution in [2.24, 2.45) is 11.7 Å². The van der Waals surface area contributed by atoms with Gasteiger partial charge in [-0.2, -0.15) is 0 Å². The van der Waals surface area contributed by atoms with Crippen molar-refractivity contribution in [2.45, 2.75) is 26.7 Å². The molecule has 0 bridgehead atoms. The van der Waals surface area contributed by atoms with Gasteiger partial charge in [-0.1, -0.05) is 5.57 Å². The molecule has 3 nitrogen and oxygen atoms in total. The lowest BCUT2D eigenvalue weighted by Crippen LogP contribution is -2.41. The molecule has 1 unspecified atom stereocenters. The molecule has 80 valence electrons. The predicted octanol–water partition coefficient (Wildman–Crippen LogP) is 1.15. The SMILES string of the molecule is CC(C)=CC(=O)N1CCCC(CN)C1. The highest BCUT2D eigenvalue weighted by Crippen LogP contribution is 2.15. The van der Waals surface area contributed by atoms with E-state index in [2.05, 4.69) is 0 Å². The first kappa shape index (κ1) is 11.2. The minimum atomic E-state index is 0.142. The summed E-state index contributed by atoms with van der Waals surface area (Å²) in [7, 11) is 0. The molecular weight excluding hydrogens is 176 g/mol. The van der Waals surface area contributed by atoms with E-state index in [-0.39, 0.29) is 5.91 Å². The quantitative estimate of drug-likeness (QED) is 0.673. The van der Waals surface area contributed by atoms with Gasteiger partial charge >= 0.3 is 0 Å². The van der Waals surface area contributed by atoms with Gasteiger partial charge in [0, 0.05) is 19.2 Å². The third kappa shape index (κ3) is 3.14. The Morgan fingerprint density at radius 3 is 2.86 bits per heavy atom. The van der Waals surface area contributed by atoms with Crippen LogP contribution in [-0.4, -0.2) is 30.4 Å². The van der Waals surface area contributed by atoms with Crippen LogP contribution in [0.5, 0.6) is 0 Å². The third-order valence-electron chi connectivity index (χ3n) is 2.58. The minimum absolute atomic E-state index is 0.142. The van der Waals surface area contributed by atoms with Crippen molar-refractivity contribution < 1.29 is 4.79 Å². The molecule has 14 heavy (non-hydrogen) atoms. The van der Waals surface area contributed by atoms with E-state index in [0.717, 1.165) is 31.5 Å². The first-order valence-corrected chi connectivity index (χ1v) is 5.27. The van der Waals surface area contributed by atoms with E-state index in [4.69, 9.17) is 5.73 Å². The molecule has 1 atom stereocenters. The molecule has 0 aliphatic carbocycles. The molecule has 1 heterocycles. The smallest absolute Gasteiger partial charge is 0.246 e. The van der Waals surface area contributed by atoms with Gasteiger partial charge in [0.05, 0.1) is 0 Å². The number of allylic oxidation sites excluding steroid dienone is 1. The Morgan fingerprint density at radius 2 is 2.29 bits per heavy atom. The van der Waals surface area contributed by atoms with Crippen molar-refractivity contribution >= 4 is 5.91 Å². The highest BCUT2D eigenvalue weighted by Gasteiger charge is 2.21. The summed E-state index contributed by atoms with van der Waals surface area (Å²) in [4.78, 5) is 13.6. The number of carbonyl (C=O) groups excluding carboxylic acids is 1. The number of likely N-dealkylation sites (tertiary alicyclic amines) is 1. The van der Waals surface area contributed by atoms with E-state index in [0.29, 0.717) is 12.5 Å². The Bertz CT molecular complexity index is 231. The number of nitrogens with two attached hydrogens (primary N) is 1. The molecule has 2 N–H and O–H groups in total. The van der Waals surface area contributed by atoms with E-state index in [9.17, 15) is 4.79 Å². The van der Waals surface area contributed by atoms with Crippen LogP contribution in [0.1, 0.15) is 26.7 Å². The third-order valence-corrected chi connectivity index (χ3v) is 2.58. The maximum atomic E-state index is 11.7. The number of piperidine rings is 1. The van der Waals surface area contributed by atoms with Crippen molar-refractivity contribution in [1.29, 1.82) is 0 Å².